The van der Waals surface area contributed by atoms with E-state index >= 15 is 0 Å². The number of aromatic amines is 1. The first-order chi connectivity index (χ1) is 15.2. The first-order valence-corrected chi connectivity index (χ1v) is 11.5. The van der Waals surface area contributed by atoms with E-state index in [9.17, 15) is 14.9 Å². The topological polar surface area (TPSA) is 154 Å². The maximum absolute atomic E-state index is 13.4. The number of H-pyrrole nitrogens is 1. The third-order valence-corrected chi connectivity index (χ3v) is 7.46. The average molecular weight is 454 g/mol. The van der Waals surface area contributed by atoms with Crippen LogP contribution in [0.2, 0.25) is 0 Å². The molecule has 2 aromatic heterocycles. The molecule has 0 unspecified atom stereocenters. The van der Waals surface area contributed by atoms with Gasteiger partial charge in [-0.25, -0.2) is 4.98 Å². The Kier molecular flexibility index (Phi) is 5.79. The van der Waals surface area contributed by atoms with Crippen molar-refractivity contribution in [3.63, 3.8) is 0 Å². The van der Waals surface area contributed by atoms with Gasteiger partial charge >= 0.3 is 0 Å². The van der Waals surface area contributed by atoms with Crippen molar-refractivity contribution >= 4 is 33.6 Å². The lowest BCUT2D eigenvalue weighted by atomic mass is 9.69. The fourth-order valence-electron chi connectivity index (χ4n) is 4.62. The van der Waals surface area contributed by atoms with Crippen LogP contribution < -0.4 is 27.2 Å². The maximum atomic E-state index is 13.4. The van der Waals surface area contributed by atoms with Crippen molar-refractivity contribution in [2.75, 3.05) is 30.3 Å². The van der Waals surface area contributed by atoms with Gasteiger partial charge in [-0.1, -0.05) is 0 Å². The molecule has 4 rings (SSSR count). The van der Waals surface area contributed by atoms with E-state index in [1.807, 2.05) is 11.8 Å². The van der Waals surface area contributed by atoms with Crippen LogP contribution in [0.15, 0.2) is 16.9 Å². The van der Waals surface area contributed by atoms with E-state index in [0.717, 1.165) is 37.4 Å². The number of anilines is 2. The SMILES string of the molecule is C[C@@H]1CNCCN1c1cc(=O)[nH]c(C(N)=CC(=O)[C@@]2(C)CCCc3sc(N)c(C#N)c32)n1. The molecule has 1 saturated heterocycles. The van der Waals surface area contributed by atoms with Crippen molar-refractivity contribution in [2.24, 2.45) is 5.73 Å². The third kappa shape index (κ3) is 3.78. The third-order valence-electron chi connectivity index (χ3n) is 6.38. The van der Waals surface area contributed by atoms with E-state index in [1.54, 1.807) is 0 Å². The van der Waals surface area contributed by atoms with Gasteiger partial charge in [0.15, 0.2) is 11.6 Å². The van der Waals surface area contributed by atoms with Gasteiger partial charge in [0.25, 0.3) is 5.56 Å². The van der Waals surface area contributed by atoms with Gasteiger partial charge in [0.1, 0.15) is 16.9 Å². The van der Waals surface area contributed by atoms with E-state index in [2.05, 4.69) is 28.3 Å². The number of nitrogen functional groups attached to an aromatic ring is 1. The number of fused-ring (bicyclic) bond motifs is 1. The second kappa shape index (κ2) is 8.41. The molecule has 0 bridgehead atoms. The molecule has 3 heterocycles. The number of nitrogens with two attached hydrogens (primary N) is 2. The number of piperazine rings is 1. The predicted molar refractivity (Wildman–Crippen MR) is 125 cm³/mol. The summed E-state index contributed by atoms with van der Waals surface area (Å²) in [6.45, 7) is 6.19. The molecule has 6 N–H and O–H groups in total. The smallest absolute Gasteiger partial charge is 0.253 e. The van der Waals surface area contributed by atoms with E-state index < -0.39 is 5.41 Å². The zero-order valence-electron chi connectivity index (χ0n) is 18.2. The highest BCUT2D eigenvalue weighted by Crippen LogP contribution is 2.46. The minimum absolute atomic E-state index is 0.0896. The van der Waals surface area contributed by atoms with Gasteiger partial charge in [-0.3, -0.25) is 9.59 Å². The van der Waals surface area contributed by atoms with Crippen molar-refractivity contribution in [2.45, 2.75) is 44.6 Å². The molecule has 32 heavy (non-hydrogen) atoms. The van der Waals surface area contributed by atoms with Gasteiger partial charge in [0, 0.05) is 42.7 Å². The van der Waals surface area contributed by atoms with E-state index in [-0.39, 0.29) is 28.9 Å². The van der Waals surface area contributed by atoms with Crippen molar-refractivity contribution < 1.29 is 4.79 Å². The molecule has 2 aromatic rings. The summed E-state index contributed by atoms with van der Waals surface area (Å²) in [5, 5.41) is 13.4. The number of nitriles is 1. The Bertz CT molecular complexity index is 1190. The molecule has 1 aliphatic carbocycles. The second-order valence-corrected chi connectivity index (χ2v) is 9.74. The summed E-state index contributed by atoms with van der Waals surface area (Å²) in [4.78, 5) is 35.9. The van der Waals surface area contributed by atoms with Gasteiger partial charge in [-0.15, -0.1) is 11.3 Å². The number of ketones is 1. The highest BCUT2D eigenvalue weighted by atomic mass is 32.1. The number of carbonyl (C=O) groups is 1. The van der Waals surface area contributed by atoms with E-state index in [4.69, 9.17) is 11.5 Å². The van der Waals surface area contributed by atoms with Crippen molar-refractivity contribution in [1.29, 1.82) is 5.26 Å². The van der Waals surface area contributed by atoms with Crippen LogP contribution in [0.1, 0.15) is 48.5 Å². The second-order valence-electron chi connectivity index (χ2n) is 8.60. The Morgan fingerprint density at radius 3 is 3.00 bits per heavy atom. The molecule has 168 valence electrons. The predicted octanol–water partition coefficient (Wildman–Crippen LogP) is 1.25. The molecule has 10 heteroatoms. The minimum atomic E-state index is -0.900. The number of nitrogens with one attached hydrogen (secondary N) is 2. The zero-order valence-corrected chi connectivity index (χ0v) is 19.0. The molecule has 2 atom stereocenters. The van der Waals surface area contributed by atoms with Crippen LogP contribution in [0.3, 0.4) is 0 Å². The molecule has 9 nitrogen and oxygen atoms in total. The van der Waals surface area contributed by atoms with E-state index in [0.29, 0.717) is 28.4 Å². The van der Waals surface area contributed by atoms with Crippen LogP contribution in [0.25, 0.3) is 5.70 Å². The molecule has 0 radical (unpaired) electrons. The highest BCUT2D eigenvalue weighted by molar-refractivity contribution is 7.16. The van der Waals surface area contributed by atoms with Crippen molar-refractivity contribution in [3.05, 3.63) is 44.3 Å². The maximum Gasteiger partial charge on any atom is 0.253 e. The summed E-state index contributed by atoms with van der Waals surface area (Å²) < 4.78 is 0. The monoisotopic (exact) mass is 453 g/mol. The van der Waals surface area contributed by atoms with Gasteiger partial charge in [-0.2, -0.15) is 5.26 Å². The van der Waals surface area contributed by atoms with Crippen molar-refractivity contribution in [1.82, 2.24) is 15.3 Å². The summed E-state index contributed by atoms with van der Waals surface area (Å²) in [7, 11) is 0. The van der Waals surface area contributed by atoms with Gasteiger partial charge in [0.05, 0.1) is 16.7 Å². The number of carbonyl (C=O) groups excluding carboxylic acids is 1. The lowest BCUT2D eigenvalue weighted by Crippen LogP contribution is -2.50. The van der Waals surface area contributed by atoms with Gasteiger partial charge in [0.2, 0.25) is 0 Å². The minimum Gasteiger partial charge on any atom is -0.396 e. The molecular formula is C22H27N7O2S. The lowest BCUT2D eigenvalue weighted by Gasteiger charge is -2.34. The molecule has 1 aliphatic heterocycles. The number of hydrogen-bond acceptors (Lipinski definition) is 9. The molecule has 0 aromatic carbocycles. The summed E-state index contributed by atoms with van der Waals surface area (Å²) in [5.74, 6) is 0.468. The molecule has 0 spiro atoms. The summed E-state index contributed by atoms with van der Waals surface area (Å²) in [6.07, 6.45) is 3.54. The quantitative estimate of drug-likeness (QED) is 0.504. The van der Waals surface area contributed by atoms with Crippen LogP contribution in [-0.4, -0.2) is 41.4 Å². The Morgan fingerprint density at radius 1 is 1.50 bits per heavy atom. The summed E-state index contributed by atoms with van der Waals surface area (Å²) in [6, 6.07) is 3.78. The number of aromatic nitrogens is 2. The van der Waals surface area contributed by atoms with E-state index in [1.165, 1.54) is 23.5 Å². The molecular weight excluding hydrogens is 426 g/mol. The fraction of sp³-hybridized carbons (Fsp3) is 0.455. The van der Waals surface area contributed by atoms with Crippen LogP contribution in [0, 0.1) is 11.3 Å². The fourth-order valence-corrected chi connectivity index (χ4v) is 5.81. The summed E-state index contributed by atoms with van der Waals surface area (Å²) >= 11 is 1.38. The van der Waals surface area contributed by atoms with Gasteiger partial charge in [-0.05, 0) is 38.7 Å². The summed E-state index contributed by atoms with van der Waals surface area (Å²) in [5.41, 5.74) is 12.3. The van der Waals surface area contributed by atoms with Crippen LogP contribution in [0.5, 0.6) is 0 Å². The Hall–Kier alpha value is -3.16. The Morgan fingerprint density at radius 2 is 2.28 bits per heavy atom. The number of aryl methyl sites for hydroxylation is 1. The normalized spacial score (nSPS) is 23.5. The standard InChI is InChI=1S/C22H27N7O2S/c1-12-11-26-6-7-29(12)17-9-18(31)28-21(27-17)14(24)8-16(30)22(2)5-3-4-15-19(22)13(10-23)20(25)32-15/h8-9,12,26H,3-7,11,24-25H2,1-2H3,(H,27,28,31)/t12-,22-/m1/s1. The van der Waals surface area contributed by atoms with Crippen LogP contribution >= 0.6 is 11.3 Å². The Labute approximate surface area is 190 Å². The number of hydrogen-bond donors (Lipinski definition) is 4. The largest absolute Gasteiger partial charge is 0.396 e. The first-order valence-electron chi connectivity index (χ1n) is 10.7. The number of allylic oxidation sites excluding steroid dienone is 1. The molecule has 1 fully saturated rings. The van der Waals surface area contributed by atoms with Crippen LogP contribution in [0.4, 0.5) is 10.8 Å². The number of thiophene rings is 1. The highest BCUT2D eigenvalue weighted by Gasteiger charge is 2.42. The van der Waals surface area contributed by atoms with Gasteiger partial charge < -0.3 is 26.7 Å². The van der Waals surface area contributed by atoms with Crippen molar-refractivity contribution in [3.8, 4) is 6.07 Å². The molecule has 2 aliphatic rings. The number of nitrogens with zero attached hydrogens (tertiary/aromatic N) is 3. The first kappa shape index (κ1) is 22.0. The number of rotatable bonds is 4. The molecule has 0 saturated carbocycles. The molecule has 0 amide bonds. The zero-order chi connectivity index (χ0) is 23.0. The lowest BCUT2D eigenvalue weighted by molar-refractivity contribution is -0.119. The average Bonchev–Trinajstić information content (AvgIpc) is 3.10. The van der Waals surface area contributed by atoms with Crippen LogP contribution in [-0.2, 0) is 16.6 Å². The Balaban J connectivity index is 1.70.